The average Bonchev–Trinajstić information content (AvgIpc) is 3.30. The first kappa shape index (κ1) is 17.8. The summed E-state index contributed by atoms with van der Waals surface area (Å²) in [6.07, 6.45) is 4.00. The van der Waals surface area contributed by atoms with Crippen LogP contribution in [0, 0.1) is 6.92 Å². The Bertz CT molecular complexity index is 655. The topological polar surface area (TPSA) is 59.6 Å². The number of H-pyrrole nitrogens is 1. The lowest BCUT2D eigenvalue weighted by molar-refractivity contribution is 0.373. The molecule has 0 atom stereocenters. The molecule has 136 valence electrons. The van der Waals surface area contributed by atoms with Gasteiger partial charge in [0.1, 0.15) is 0 Å². The Balaban J connectivity index is 1.49. The summed E-state index contributed by atoms with van der Waals surface area (Å²) >= 11 is 1.82. The van der Waals surface area contributed by atoms with Gasteiger partial charge < -0.3 is 15.1 Å². The van der Waals surface area contributed by atoms with E-state index in [9.17, 15) is 0 Å². The summed E-state index contributed by atoms with van der Waals surface area (Å²) in [5.41, 5.74) is 2.46. The largest absolute Gasteiger partial charge is 0.360 e. The number of piperazine rings is 1. The number of nitrogens with one attached hydrogen (secondary N) is 2. The van der Waals surface area contributed by atoms with Gasteiger partial charge in [0, 0.05) is 45.0 Å². The van der Waals surface area contributed by atoms with Crippen LogP contribution >= 0.6 is 11.3 Å². The molecular formula is C18H28N6S. The summed E-state index contributed by atoms with van der Waals surface area (Å²) in [5, 5.41) is 14.0. The number of guanidine groups is 1. The van der Waals surface area contributed by atoms with Crippen molar-refractivity contribution in [2.45, 2.75) is 26.7 Å². The number of aromatic amines is 1. The number of rotatable bonds is 6. The Morgan fingerprint density at radius 3 is 2.84 bits per heavy atom. The van der Waals surface area contributed by atoms with Crippen LogP contribution in [0.4, 0.5) is 5.00 Å². The number of hydrogen-bond acceptors (Lipinski definition) is 4. The van der Waals surface area contributed by atoms with Gasteiger partial charge in [-0.1, -0.05) is 0 Å². The molecule has 0 saturated carbocycles. The predicted molar refractivity (Wildman–Crippen MR) is 106 cm³/mol. The van der Waals surface area contributed by atoms with Gasteiger partial charge in [0.2, 0.25) is 0 Å². The van der Waals surface area contributed by atoms with Gasteiger partial charge in [-0.2, -0.15) is 5.10 Å². The molecule has 0 radical (unpaired) electrons. The number of nitrogens with zero attached hydrogens (tertiary/aromatic N) is 4. The zero-order valence-corrected chi connectivity index (χ0v) is 16.0. The second-order valence-electron chi connectivity index (χ2n) is 6.28. The number of thiophene rings is 1. The van der Waals surface area contributed by atoms with Gasteiger partial charge in [-0.15, -0.1) is 11.3 Å². The minimum absolute atomic E-state index is 0.845. The molecule has 6 nitrogen and oxygen atoms in total. The monoisotopic (exact) mass is 360 g/mol. The summed E-state index contributed by atoms with van der Waals surface area (Å²) in [4.78, 5) is 9.69. The standard InChI is InChI=1S/C18H28N6S/c1-3-19-18(20-8-4-6-16-14-21-22-15(16)2)24-11-9-23(10-12-24)17-7-5-13-25-17/h5,7,13-14H,3-4,6,8-12H2,1-2H3,(H,19,20)(H,21,22). The lowest BCUT2D eigenvalue weighted by Gasteiger charge is -2.37. The summed E-state index contributed by atoms with van der Waals surface area (Å²) in [6.45, 7) is 10.1. The van der Waals surface area contributed by atoms with Crippen molar-refractivity contribution in [3.63, 3.8) is 0 Å². The molecule has 1 fully saturated rings. The minimum atomic E-state index is 0.845. The van der Waals surface area contributed by atoms with Crippen LogP contribution in [0.2, 0.25) is 0 Å². The molecule has 25 heavy (non-hydrogen) atoms. The molecule has 3 heterocycles. The predicted octanol–water partition coefficient (Wildman–Crippen LogP) is 2.50. The van der Waals surface area contributed by atoms with Gasteiger partial charge in [-0.25, -0.2) is 0 Å². The lowest BCUT2D eigenvalue weighted by Crippen LogP contribution is -2.52. The third-order valence-electron chi connectivity index (χ3n) is 4.53. The molecule has 2 aromatic heterocycles. The first-order valence-electron chi connectivity index (χ1n) is 9.08. The molecule has 0 aliphatic carbocycles. The van der Waals surface area contributed by atoms with E-state index in [0.717, 1.165) is 58.1 Å². The van der Waals surface area contributed by atoms with E-state index >= 15 is 0 Å². The van der Waals surface area contributed by atoms with Crippen LogP contribution in [0.5, 0.6) is 0 Å². The fourth-order valence-corrected chi connectivity index (χ4v) is 3.88. The number of aromatic nitrogens is 2. The maximum atomic E-state index is 4.84. The molecule has 7 heteroatoms. The molecule has 1 saturated heterocycles. The van der Waals surface area contributed by atoms with Gasteiger partial charge in [-0.05, 0) is 49.8 Å². The zero-order valence-electron chi connectivity index (χ0n) is 15.2. The van der Waals surface area contributed by atoms with Crippen LogP contribution in [0.3, 0.4) is 0 Å². The number of anilines is 1. The Kier molecular flexibility index (Phi) is 6.33. The lowest BCUT2D eigenvalue weighted by atomic mass is 10.1. The van der Waals surface area contributed by atoms with E-state index in [2.05, 4.69) is 56.7 Å². The Morgan fingerprint density at radius 1 is 1.36 bits per heavy atom. The molecule has 0 bridgehead atoms. The van der Waals surface area contributed by atoms with E-state index in [1.54, 1.807) is 0 Å². The van der Waals surface area contributed by atoms with Crippen molar-refractivity contribution in [3.8, 4) is 0 Å². The maximum Gasteiger partial charge on any atom is 0.194 e. The fraction of sp³-hybridized carbons (Fsp3) is 0.556. The van der Waals surface area contributed by atoms with Crippen molar-refractivity contribution in [3.05, 3.63) is 35.0 Å². The molecule has 0 amide bonds. The average molecular weight is 361 g/mol. The normalized spacial score (nSPS) is 15.7. The Hall–Kier alpha value is -2.02. The second-order valence-corrected chi connectivity index (χ2v) is 7.21. The third-order valence-corrected chi connectivity index (χ3v) is 5.46. The van der Waals surface area contributed by atoms with Gasteiger partial charge in [-0.3, -0.25) is 10.1 Å². The highest BCUT2D eigenvalue weighted by atomic mass is 32.1. The first-order valence-corrected chi connectivity index (χ1v) is 9.96. The van der Waals surface area contributed by atoms with Gasteiger partial charge in [0.15, 0.2) is 5.96 Å². The zero-order chi connectivity index (χ0) is 17.5. The molecule has 0 aromatic carbocycles. The molecule has 2 aromatic rings. The summed E-state index contributed by atoms with van der Waals surface area (Å²) in [5.74, 6) is 1.05. The Morgan fingerprint density at radius 2 is 2.20 bits per heavy atom. The van der Waals surface area contributed by atoms with Crippen LogP contribution < -0.4 is 10.2 Å². The SMILES string of the molecule is CCNC(=NCCCc1cn[nH]c1C)N1CCN(c2cccs2)CC1. The molecular weight excluding hydrogens is 332 g/mol. The number of aliphatic imine (C=N–C) groups is 1. The van der Waals surface area contributed by atoms with E-state index in [1.165, 1.54) is 16.3 Å². The van der Waals surface area contributed by atoms with E-state index in [4.69, 9.17) is 4.99 Å². The van der Waals surface area contributed by atoms with Gasteiger partial charge in [0.25, 0.3) is 0 Å². The Labute approximate surface area is 153 Å². The molecule has 0 unspecified atom stereocenters. The smallest absolute Gasteiger partial charge is 0.194 e. The quantitative estimate of drug-likeness (QED) is 0.472. The van der Waals surface area contributed by atoms with Crippen LogP contribution in [0.15, 0.2) is 28.7 Å². The maximum absolute atomic E-state index is 4.84. The van der Waals surface area contributed by atoms with E-state index in [-0.39, 0.29) is 0 Å². The van der Waals surface area contributed by atoms with E-state index < -0.39 is 0 Å². The highest BCUT2D eigenvalue weighted by Crippen LogP contribution is 2.22. The molecule has 3 rings (SSSR count). The molecule has 1 aliphatic heterocycles. The van der Waals surface area contributed by atoms with Crippen molar-refractivity contribution in [1.29, 1.82) is 0 Å². The summed E-state index contributed by atoms with van der Waals surface area (Å²) in [7, 11) is 0. The highest BCUT2D eigenvalue weighted by Gasteiger charge is 2.20. The van der Waals surface area contributed by atoms with Crippen LogP contribution in [0.25, 0.3) is 0 Å². The summed E-state index contributed by atoms with van der Waals surface area (Å²) in [6, 6.07) is 4.33. The van der Waals surface area contributed by atoms with Crippen LogP contribution in [-0.2, 0) is 6.42 Å². The van der Waals surface area contributed by atoms with Crippen molar-refractivity contribution >= 4 is 22.3 Å². The van der Waals surface area contributed by atoms with Crippen molar-refractivity contribution in [2.24, 2.45) is 4.99 Å². The molecule has 0 spiro atoms. The van der Waals surface area contributed by atoms with Gasteiger partial charge in [0.05, 0.1) is 11.2 Å². The minimum Gasteiger partial charge on any atom is -0.360 e. The van der Waals surface area contributed by atoms with Crippen molar-refractivity contribution < 1.29 is 0 Å². The van der Waals surface area contributed by atoms with Gasteiger partial charge >= 0.3 is 0 Å². The second kappa shape index (κ2) is 8.89. The van der Waals surface area contributed by atoms with E-state index in [0.29, 0.717) is 0 Å². The first-order chi connectivity index (χ1) is 12.3. The third kappa shape index (κ3) is 4.75. The fourth-order valence-electron chi connectivity index (χ4n) is 3.10. The summed E-state index contributed by atoms with van der Waals surface area (Å²) < 4.78 is 0. The van der Waals surface area contributed by atoms with Crippen LogP contribution in [0.1, 0.15) is 24.6 Å². The van der Waals surface area contributed by atoms with Crippen LogP contribution in [-0.4, -0.2) is 60.3 Å². The molecule has 1 aliphatic rings. The van der Waals surface area contributed by atoms with Crippen molar-refractivity contribution in [2.75, 3.05) is 44.2 Å². The highest BCUT2D eigenvalue weighted by molar-refractivity contribution is 7.14. The number of aryl methyl sites for hydroxylation is 2. The van der Waals surface area contributed by atoms with Crippen molar-refractivity contribution in [1.82, 2.24) is 20.4 Å². The molecule has 2 N–H and O–H groups in total. The van der Waals surface area contributed by atoms with E-state index in [1.807, 2.05) is 17.5 Å². The number of hydrogen-bond donors (Lipinski definition) is 2.